The SMILES string of the molecule is Cc1ccccc1N1CCN(C(=O)OCC=CCOCc2ccccc2)CC1. The van der Waals surface area contributed by atoms with Crippen LogP contribution in [0.1, 0.15) is 11.1 Å². The zero-order chi connectivity index (χ0) is 19.6. The van der Waals surface area contributed by atoms with Crippen LogP contribution >= 0.6 is 0 Å². The van der Waals surface area contributed by atoms with E-state index in [2.05, 4.69) is 30.0 Å². The molecule has 3 rings (SSSR count). The van der Waals surface area contributed by atoms with Crippen molar-refractivity contribution >= 4 is 11.8 Å². The Balaban J connectivity index is 1.31. The summed E-state index contributed by atoms with van der Waals surface area (Å²) in [6, 6.07) is 18.4. The summed E-state index contributed by atoms with van der Waals surface area (Å²) in [6.45, 7) is 6.47. The number of hydrogen-bond acceptors (Lipinski definition) is 4. The Hall–Kier alpha value is -2.79. The highest BCUT2D eigenvalue weighted by atomic mass is 16.6. The van der Waals surface area contributed by atoms with Crippen molar-refractivity contribution < 1.29 is 14.3 Å². The van der Waals surface area contributed by atoms with Gasteiger partial charge in [0.2, 0.25) is 0 Å². The molecule has 148 valence electrons. The summed E-state index contributed by atoms with van der Waals surface area (Å²) in [7, 11) is 0. The minimum absolute atomic E-state index is 0.251. The number of piperazine rings is 1. The molecule has 0 N–H and O–H groups in total. The number of hydrogen-bond donors (Lipinski definition) is 0. The molecule has 1 saturated heterocycles. The van der Waals surface area contributed by atoms with E-state index in [0.29, 0.717) is 26.3 Å². The van der Waals surface area contributed by atoms with Crippen molar-refractivity contribution in [2.24, 2.45) is 0 Å². The fourth-order valence-corrected chi connectivity index (χ4v) is 3.21. The average molecular weight is 380 g/mol. The molecule has 2 aromatic rings. The van der Waals surface area contributed by atoms with Crippen LogP contribution in [0.2, 0.25) is 0 Å². The van der Waals surface area contributed by atoms with Crippen molar-refractivity contribution in [3.63, 3.8) is 0 Å². The Morgan fingerprint density at radius 2 is 1.61 bits per heavy atom. The van der Waals surface area contributed by atoms with E-state index in [9.17, 15) is 4.79 Å². The lowest BCUT2D eigenvalue weighted by Gasteiger charge is -2.36. The molecule has 5 nitrogen and oxygen atoms in total. The summed E-state index contributed by atoms with van der Waals surface area (Å²) in [5.41, 5.74) is 3.65. The monoisotopic (exact) mass is 380 g/mol. The predicted octanol–water partition coefficient (Wildman–Crippen LogP) is 4.03. The van der Waals surface area contributed by atoms with E-state index >= 15 is 0 Å². The maximum atomic E-state index is 12.2. The number of anilines is 1. The molecule has 1 heterocycles. The first-order valence-corrected chi connectivity index (χ1v) is 9.73. The lowest BCUT2D eigenvalue weighted by Crippen LogP contribution is -2.49. The van der Waals surface area contributed by atoms with Crippen LogP contribution in [-0.2, 0) is 16.1 Å². The van der Waals surface area contributed by atoms with Crippen molar-refractivity contribution in [3.05, 3.63) is 77.9 Å². The third-order valence-electron chi connectivity index (χ3n) is 4.79. The maximum Gasteiger partial charge on any atom is 0.410 e. The Labute approximate surface area is 167 Å². The van der Waals surface area contributed by atoms with Gasteiger partial charge < -0.3 is 19.3 Å². The average Bonchev–Trinajstić information content (AvgIpc) is 2.74. The van der Waals surface area contributed by atoms with Gasteiger partial charge in [0.1, 0.15) is 6.61 Å². The van der Waals surface area contributed by atoms with Gasteiger partial charge in [-0.25, -0.2) is 4.79 Å². The number of rotatable bonds is 7. The molecule has 0 bridgehead atoms. The molecular formula is C23H28N2O3. The zero-order valence-corrected chi connectivity index (χ0v) is 16.4. The van der Waals surface area contributed by atoms with Crippen LogP contribution in [-0.4, -0.2) is 50.4 Å². The van der Waals surface area contributed by atoms with Crippen LogP contribution in [0.4, 0.5) is 10.5 Å². The number of nitrogens with zero attached hydrogens (tertiary/aromatic N) is 2. The Kier molecular flexibility index (Phi) is 7.50. The Morgan fingerprint density at radius 1 is 0.929 bits per heavy atom. The second kappa shape index (κ2) is 10.5. The van der Waals surface area contributed by atoms with E-state index in [-0.39, 0.29) is 12.7 Å². The molecular weight excluding hydrogens is 352 g/mol. The van der Waals surface area contributed by atoms with E-state index in [1.165, 1.54) is 11.3 Å². The second-order valence-corrected chi connectivity index (χ2v) is 6.81. The summed E-state index contributed by atoms with van der Waals surface area (Å²) in [6.07, 6.45) is 3.46. The van der Waals surface area contributed by atoms with Crippen LogP contribution in [0.5, 0.6) is 0 Å². The quantitative estimate of drug-likeness (QED) is 0.537. The molecule has 0 unspecified atom stereocenters. The highest BCUT2D eigenvalue weighted by Crippen LogP contribution is 2.20. The van der Waals surface area contributed by atoms with Gasteiger partial charge in [-0.3, -0.25) is 0 Å². The summed E-state index contributed by atoms with van der Waals surface area (Å²) >= 11 is 0. The van der Waals surface area contributed by atoms with Gasteiger partial charge in [0, 0.05) is 31.9 Å². The molecule has 1 fully saturated rings. The van der Waals surface area contributed by atoms with Crippen molar-refractivity contribution in [2.45, 2.75) is 13.5 Å². The Bertz CT molecular complexity index is 768. The van der Waals surface area contributed by atoms with Crippen LogP contribution in [0.3, 0.4) is 0 Å². The van der Waals surface area contributed by atoms with Gasteiger partial charge in [-0.1, -0.05) is 54.6 Å². The number of para-hydroxylation sites is 1. The van der Waals surface area contributed by atoms with Crippen molar-refractivity contribution in [1.29, 1.82) is 0 Å². The van der Waals surface area contributed by atoms with Crippen molar-refractivity contribution in [1.82, 2.24) is 4.90 Å². The molecule has 1 aliphatic rings. The standard InChI is InChI=1S/C23H28N2O3/c1-20-9-5-6-12-22(20)24-13-15-25(16-14-24)23(26)28-18-8-7-17-27-19-21-10-3-2-4-11-21/h2-12H,13-19H2,1H3. The molecule has 28 heavy (non-hydrogen) atoms. The zero-order valence-electron chi connectivity index (χ0n) is 16.4. The minimum Gasteiger partial charge on any atom is -0.445 e. The number of carbonyl (C=O) groups excluding carboxylic acids is 1. The van der Waals surface area contributed by atoms with Gasteiger partial charge in [0.25, 0.3) is 0 Å². The summed E-state index contributed by atoms with van der Waals surface area (Å²) < 4.78 is 10.9. The predicted molar refractivity (Wildman–Crippen MR) is 112 cm³/mol. The molecule has 0 aromatic heterocycles. The Morgan fingerprint density at radius 3 is 2.36 bits per heavy atom. The van der Waals surface area contributed by atoms with Gasteiger partial charge in [-0.15, -0.1) is 0 Å². The first-order chi connectivity index (χ1) is 13.7. The summed E-state index contributed by atoms with van der Waals surface area (Å²) in [5.74, 6) is 0. The molecule has 1 aliphatic heterocycles. The van der Waals surface area contributed by atoms with E-state index < -0.39 is 0 Å². The summed E-state index contributed by atoms with van der Waals surface area (Å²) in [4.78, 5) is 16.3. The normalized spacial score (nSPS) is 14.5. The third kappa shape index (κ3) is 5.86. The molecule has 2 aromatic carbocycles. The van der Waals surface area contributed by atoms with Crippen LogP contribution in [0.25, 0.3) is 0 Å². The molecule has 5 heteroatoms. The smallest absolute Gasteiger partial charge is 0.410 e. The van der Waals surface area contributed by atoms with Gasteiger partial charge in [0.05, 0.1) is 13.2 Å². The van der Waals surface area contributed by atoms with E-state index in [0.717, 1.165) is 18.7 Å². The molecule has 0 radical (unpaired) electrons. The topological polar surface area (TPSA) is 42.0 Å². The molecule has 0 spiro atoms. The number of amides is 1. The highest BCUT2D eigenvalue weighted by Gasteiger charge is 2.22. The second-order valence-electron chi connectivity index (χ2n) is 6.81. The molecule has 0 aliphatic carbocycles. The lowest BCUT2D eigenvalue weighted by molar-refractivity contribution is 0.109. The largest absolute Gasteiger partial charge is 0.445 e. The first kappa shape index (κ1) is 20.0. The molecule has 0 saturated carbocycles. The van der Waals surface area contributed by atoms with Crippen LogP contribution in [0.15, 0.2) is 66.7 Å². The number of carbonyl (C=O) groups is 1. The minimum atomic E-state index is -0.251. The van der Waals surface area contributed by atoms with Gasteiger partial charge in [-0.2, -0.15) is 0 Å². The first-order valence-electron chi connectivity index (χ1n) is 9.73. The van der Waals surface area contributed by atoms with Crippen LogP contribution in [0, 0.1) is 6.92 Å². The number of benzene rings is 2. The fourth-order valence-electron chi connectivity index (χ4n) is 3.21. The lowest BCUT2D eigenvalue weighted by atomic mass is 10.1. The van der Waals surface area contributed by atoms with Gasteiger partial charge >= 0.3 is 6.09 Å². The van der Waals surface area contributed by atoms with Crippen molar-refractivity contribution in [3.8, 4) is 0 Å². The van der Waals surface area contributed by atoms with E-state index in [4.69, 9.17) is 9.47 Å². The number of ether oxygens (including phenoxy) is 2. The third-order valence-corrected chi connectivity index (χ3v) is 4.79. The van der Waals surface area contributed by atoms with Crippen LogP contribution < -0.4 is 4.90 Å². The van der Waals surface area contributed by atoms with Crippen molar-refractivity contribution in [2.75, 3.05) is 44.3 Å². The maximum absolute atomic E-state index is 12.2. The van der Waals surface area contributed by atoms with Gasteiger partial charge in [-0.05, 0) is 30.2 Å². The van der Waals surface area contributed by atoms with E-state index in [1.54, 1.807) is 4.90 Å². The molecule has 1 amide bonds. The van der Waals surface area contributed by atoms with Gasteiger partial charge in [0.15, 0.2) is 0 Å². The molecule has 0 atom stereocenters. The summed E-state index contributed by atoms with van der Waals surface area (Å²) in [5, 5.41) is 0. The fraction of sp³-hybridized carbons (Fsp3) is 0.348. The van der Waals surface area contributed by atoms with E-state index in [1.807, 2.05) is 48.6 Å². The number of aryl methyl sites for hydroxylation is 1. The highest BCUT2D eigenvalue weighted by molar-refractivity contribution is 5.68.